The van der Waals surface area contributed by atoms with Gasteiger partial charge in [0.1, 0.15) is 11.6 Å². The Hall–Kier alpha value is -0.810. The molecule has 0 aliphatic carbocycles. The molecule has 1 saturated heterocycles. The summed E-state index contributed by atoms with van der Waals surface area (Å²) in [5.41, 5.74) is 0.539. The van der Waals surface area contributed by atoms with Gasteiger partial charge in [0.25, 0.3) is 0 Å². The summed E-state index contributed by atoms with van der Waals surface area (Å²) in [6.45, 7) is 2.04. The van der Waals surface area contributed by atoms with Gasteiger partial charge in [-0.3, -0.25) is 0 Å². The zero-order valence-electron chi connectivity index (χ0n) is 10.7. The van der Waals surface area contributed by atoms with Crippen LogP contribution in [-0.2, 0) is 0 Å². The maximum absolute atomic E-state index is 13.6. The van der Waals surface area contributed by atoms with E-state index in [1.54, 1.807) is 6.26 Å². The van der Waals surface area contributed by atoms with Gasteiger partial charge < -0.3 is 10.2 Å². The summed E-state index contributed by atoms with van der Waals surface area (Å²) in [7, 11) is 2.09. The first-order valence-corrected chi connectivity index (χ1v) is 7.30. The van der Waals surface area contributed by atoms with Crippen molar-refractivity contribution in [3.63, 3.8) is 0 Å². The molecular weight excluding hydrogens is 254 g/mol. The molecule has 0 amide bonds. The Morgan fingerprint density at radius 1 is 1.22 bits per heavy atom. The molecule has 0 saturated carbocycles. The SMILES string of the molecule is CSc1c(F)cc(NC2CCN(C)CC2)cc1F. The molecule has 1 heterocycles. The summed E-state index contributed by atoms with van der Waals surface area (Å²) in [5.74, 6) is -0.976. The van der Waals surface area contributed by atoms with Gasteiger partial charge in [-0.2, -0.15) is 0 Å². The van der Waals surface area contributed by atoms with Crippen LogP contribution in [0.15, 0.2) is 17.0 Å². The molecule has 1 N–H and O–H groups in total. The number of benzene rings is 1. The summed E-state index contributed by atoms with van der Waals surface area (Å²) < 4.78 is 27.2. The summed E-state index contributed by atoms with van der Waals surface area (Å²) >= 11 is 1.09. The minimum atomic E-state index is -0.488. The van der Waals surface area contributed by atoms with Crippen molar-refractivity contribution in [2.75, 3.05) is 31.7 Å². The predicted molar refractivity (Wildman–Crippen MR) is 72.3 cm³/mol. The lowest BCUT2D eigenvalue weighted by Crippen LogP contribution is -2.36. The van der Waals surface area contributed by atoms with Crippen LogP contribution in [0.5, 0.6) is 0 Å². The van der Waals surface area contributed by atoms with E-state index in [1.165, 1.54) is 12.1 Å². The highest BCUT2D eigenvalue weighted by molar-refractivity contribution is 7.98. The second-order valence-electron chi connectivity index (χ2n) is 4.70. The Bertz CT molecular complexity index is 394. The predicted octanol–water partition coefficient (Wildman–Crippen LogP) is 3.19. The van der Waals surface area contributed by atoms with Crippen LogP contribution < -0.4 is 5.32 Å². The van der Waals surface area contributed by atoms with E-state index >= 15 is 0 Å². The molecule has 2 nitrogen and oxygen atoms in total. The van der Waals surface area contributed by atoms with Gasteiger partial charge in [-0.15, -0.1) is 11.8 Å². The number of rotatable bonds is 3. The number of nitrogens with one attached hydrogen (secondary N) is 1. The third-order valence-electron chi connectivity index (χ3n) is 3.29. The first-order valence-electron chi connectivity index (χ1n) is 6.08. The molecular formula is C13H18F2N2S. The van der Waals surface area contributed by atoms with Crippen molar-refractivity contribution < 1.29 is 8.78 Å². The Morgan fingerprint density at radius 3 is 2.28 bits per heavy atom. The molecule has 0 spiro atoms. The summed E-state index contributed by atoms with van der Waals surface area (Å²) in [6.07, 6.45) is 3.68. The molecule has 0 aromatic heterocycles. The number of likely N-dealkylation sites (tertiary alicyclic amines) is 1. The number of thioether (sulfide) groups is 1. The number of hydrogen-bond donors (Lipinski definition) is 1. The Labute approximate surface area is 111 Å². The van der Waals surface area contributed by atoms with Crippen molar-refractivity contribution >= 4 is 17.4 Å². The van der Waals surface area contributed by atoms with Crippen LogP contribution in [0.1, 0.15) is 12.8 Å². The molecule has 0 radical (unpaired) electrons. The molecule has 18 heavy (non-hydrogen) atoms. The van der Waals surface area contributed by atoms with E-state index in [-0.39, 0.29) is 4.90 Å². The van der Waals surface area contributed by atoms with Crippen molar-refractivity contribution in [1.29, 1.82) is 0 Å². The van der Waals surface area contributed by atoms with Crippen LogP contribution in [-0.4, -0.2) is 37.3 Å². The lowest BCUT2D eigenvalue weighted by Gasteiger charge is -2.30. The molecule has 1 fully saturated rings. The highest BCUT2D eigenvalue weighted by Crippen LogP contribution is 2.27. The van der Waals surface area contributed by atoms with Crippen LogP contribution in [0.2, 0.25) is 0 Å². The smallest absolute Gasteiger partial charge is 0.141 e. The fourth-order valence-corrected chi connectivity index (χ4v) is 2.73. The van der Waals surface area contributed by atoms with Crippen LogP contribution in [0.25, 0.3) is 0 Å². The van der Waals surface area contributed by atoms with Gasteiger partial charge in [-0.1, -0.05) is 0 Å². The van der Waals surface area contributed by atoms with Crippen molar-refractivity contribution in [3.05, 3.63) is 23.8 Å². The molecule has 1 aliphatic heterocycles. The number of nitrogens with zero attached hydrogens (tertiary/aromatic N) is 1. The van der Waals surface area contributed by atoms with E-state index in [1.807, 2.05) is 0 Å². The Balaban J connectivity index is 2.06. The standard InChI is InChI=1S/C13H18F2N2S/c1-17-5-3-9(4-6-17)16-10-7-11(14)13(18-2)12(15)8-10/h7-9,16H,3-6H2,1-2H3. The van der Waals surface area contributed by atoms with E-state index < -0.39 is 11.6 Å². The lowest BCUT2D eigenvalue weighted by molar-refractivity contribution is 0.264. The number of anilines is 1. The molecule has 1 aromatic rings. The average Bonchev–Trinajstić information content (AvgIpc) is 2.32. The minimum Gasteiger partial charge on any atom is -0.382 e. The molecule has 0 bridgehead atoms. The van der Waals surface area contributed by atoms with Crippen LogP contribution in [0.3, 0.4) is 0 Å². The Morgan fingerprint density at radius 2 is 1.78 bits per heavy atom. The topological polar surface area (TPSA) is 15.3 Å². The van der Waals surface area contributed by atoms with E-state index in [0.717, 1.165) is 37.7 Å². The van der Waals surface area contributed by atoms with Gasteiger partial charge in [0, 0.05) is 11.7 Å². The van der Waals surface area contributed by atoms with Gasteiger partial charge in [-0.25, -0.2) is 8.78 Å². The number of halogens is 2. The third kappa shape index (κ3) is 3.14. The largest absolute Gasteiger partial charge is 0.382 e. The van der Waals surface area contributed by atoms with Crippen molar-refractivity contribution in [3.8, 4) is 0 Å². The summed E-state index contributed by atoms with van der Waals surface area (Å²) in [6, 6.07) is 3.07. The van der Waals surface area contributed by atoms with Crippen molar-refractivity contribution in [2.24, 2.45) is 0 Å². The van der Waals surface area contributed by atoms with E-state index in [4.69, 9.17) is 0 Å². The highest BCUT2D eigenvalue weighted by Gasteiger charge is 2.17. The minimum absolute atomic E-state index is 0.0870. The molecule has 0 unspecified atom stereocenters. The molecule has 1 aromatic carbocycles. The first kappa shape index (κ1) is 13.6. The van der Waals surface area contributed by atoms with E-state index in [9.17, 15) is 8.78 Å². The van der Waals surface area contributed by atoms with Crippen LogP contribution in [0.4, 0.5) is 14.5 Å². The number of hydrogen-bond acceptors (Lipinski definition) is 3. The van der Waals surface area contributed by atoms with Crippen LogP contribution >= 0.6 is 11.8 Å². The summed E-state index contributed by atoms with van der Waals surface area (Å²) in [5, 5.41) is 3.22. The lowest BCUT2D eigenvalue weighted by atomic mass is 10.1. The molecule has 5 heteroatoms. The second-order valence-corrected chi connectivity index (χ2v) is 5.51. The maximum atomic E-state index is 13.6. The summed E-state index contributed by atoms with van der Waals surface area (Å²) in [4.78, 5) is 2.35. The molecule has 0 atom stereocenters. The highest BCUT2D eigenvalue weighted by atomic mass is 32.2. The van der Waals surface area contributed by atoms with Crippen molar-refractivity contribution in [2.45, 2.75) is 23.8 Å². The van der Waals surface area contributed by atoms with Gasteiger partial charge >= 0.3 is 0 Å². The fourth-order valence-electron chi connectivity index (χ4n) is 2.23. The molecule has 100 valence electrons. The normalized spacial score (nSPS) is 18.0. The van der Waals surface area contributed by atoms with Crippen LogP contribution in [0, 0.1) is 11.6 Å². The second kappa shape index (κ2) is 5.89. The van der Waals surface area contributed by atoms with Gasteiger partial charge in [-0.05, 0) is 51.4 Å². The zero-order chi connectivity index (χ0) is 13.1. The third-order valence-corrected chi connectivity index (χ3v) is 4.09. The van der Waals surface area contributed by atoms with Gasteiger partial charge in [0.15, 0.2) is 0 Å². The monoisotopic (exact) mass is 272 g/mol. The fraction of sp³-hybridized carbons (Fsp3) is 0.538. The number of piperidine rings is 1. The molecule has 1 aliphatic rings. The van der Waals surface area contributed by atoms with E-state index in [2.05, 4.69) is 17.3 Å². The van der Waals surface area contributed by atoms with Gasteiger partial charge in [0.2, 0.25) is 0 Å². The first-order chi connectivity index (χ1) is 8.60. The van der Waals surface area contributed by atoms with Crippen molar-refractivity contribution in [1.82, 2.24) is 4.90 Å². The molecule has 2 rings (SSSR count). The van der Waals surface area contributed by atoms with E-state index in [0.29, 0.717) is 11.7 Å². The zero-order valence-corrected chi connectivity index (χ0v) is 11.5. The maximum Gasteiger partial charge on any atom is 0.141 e. The van der Waals surface area contributed by atoms with Gasteiger partial charge in [0.05, 0.1) is 4.90 Å². The Kier molecular flexibility index (Phi) is 4.45. The quantitative estimate of drug-likeness (QED) is 0.851. The average molecular weight is 272 g/mol.